The van der Waals surface area contributed by atoms with Gasteiger partial charge in [0.15, 0.2) is 0 Å². The monoisotopic (exact) mass is 335 g/mol. The first-order chi connectivity index (χ1) is 11.5. The fourth-order valence-corrected chi connectivity index (χ4v) is 3.82. The molecule has 2 saturated heterocycles. The molecule has 0 aromatic heterocycles. The number of piperidine rings is 1. The number of hydrogen-bond acceptors (Lipinski definition) is 4. The molecule has 2 amide bonds. The zero-order valence-corrected chi connectivity index (χ0v) is 14.9. The number of aliphatic imine (C=N–C) groups is 1. The van der Waals surface area contributed by atoms with E-state index in [2.05, 4.69) is 26.8 Å². The van der Waals surface area contributed by atoms with E-state index in [1.54, 1.807) is 4.90 Å². The lowest BCUT2D eigenvalue weighted by Crippen LogP contribution is -2.46. The summed E-state index contributed by atoms with van der Waals surface area (Å²) in [6, 6.07) is -0.412. The second-order valence-electron chi connectivity index (χ2n) is 7.24. The van der Waals surface area contributed by atoms with Crippen LogP contribution in [0.5, 0.6) is 0 Å². The molecule has 1 N–H and O–H groups in total. The van der Waals surface area contributed by atoms with Crippen molar-refractivity contribution in [2.45, 2.75) is 77.4 Å². The Morgan fingerprint density at radius 3 is 2.83 bits per heavy atom. The standard InChI is InChI=1S/C18H29N3O3/c1-4-13(5-2)10-15-8-6-12(3)19-17(24-15)16-9-7-14-11-20(16)18(22)21(14)23/h8,12-14,16,23H,4-7,9-11H2,1-3H3. The molecular weight excluding hydrogens is 306 g/mol. The minimum Gasteiger partial charge on any atom is -0.446 e. The van der Waals surface area contributed by atoms with Gasteiger partial charge in [-0.05, 0) is 38.2 Å². The molecule has 0 aliphatic carbocycles. The summed E-state index contributed by atoms with van der Waals surface area (Å²) in [6.45, 7) is 7.06. The van der Waals surface area contributed by atoms with Crippen LogP contribution in [0.25, 0.3) is 0 Å². The maximum absolute atomic E-state index is 12.2. The predicted octanol–water partition coefficient (Wildman–Crippen LogP) is 3.56. The fourth-order valence-electron chi connectivity index (χ4n) is 3.82. The van der Waals surface area contributed by atoms with Crippen LogP contribution in [0.15, 0.2) is 16.8 Å². The molecule has 0 spiro atoms. The second-order valence-corrected chi connectivity index (χ2v) is 7.24. The summed E-state index contributed by atoms with van der Waals surface area (Å²) < 4.78 is 6.21. The maximum atomic E-state index is 12.2. The topological polar surface area (TPSA) is 65.4 Å². The largest absolute Gasteiger partial charge is 0.446 e. The number of ether oxygens (including phenoxy) is 1. The van der Waals surface area contributed by atoms with E-state index in [9.17, 15) is 10.0 Å². The lowest BCUT2D eigenvalue weighted by molar-refractivity contribution is -0.0583. The first-order valence-corrected chi connectivity index (χ1v) is 9.26. The first-order valence-electron chi connectivity index (χ1n) is 9.26. The highest BCUT2D eigenvalue weighted by atomic mass is 16.5. The number of carbonyl (C=O) groups is 1. The van der Waals surface area contributed by atoms with Gasteiger partial charge in [-0.25, -0.2) is 9.86 Å². The van der Waals surface area contributed by atoms with Gasteiger partial charge in [0.2, 0.25) is 5.90 Å². The molecule has 3 aliphatic rings. The molecule has 3 rings (SSSR count). The lowest BCUT2D eigenvalue weighted by Gasteiger charge is -2.31. The van der Waals surface area contributed by atoms with Crippen molar-refractivity contribution in [3.8, 4) is 0 Å². The Morgan fingerprint density at radius 1 is 1.38 bits per heavy atom. The van der Waals surface area contributed by atoms with Gasteiger partial charge in [-0.15, -0.1) is 0 Å². The van der Waals surface area contributed by atoms with E-state index >= 15 is 0 Å². The molecule has 0 aromatic carbocycles. The number of fused-ring (bicyclic) bond motifs is 2. The summed E-state index contributed by atoms with van der Waals surface area (Å²) >= 11 is 0. The van der Waals surface area contributed by atoms with Crippen LogP contribution in [0, 0.1) is 5.92 Å². The van der Waals surface area contributed by atoms with Crippen molar-refractivity contribution < 1.29 is 14.7 Å². The van der Waals surface area contributed by atoms with Crippen LogP contribution in [0.2, 0.25) is 0 Å². The molecule has 3 aliphatic heterocycles. The molecule has 134 valence electrons. The summed E-state index contributed by atoms with van der Waals surface area (Å²) in [6.07, 6.45) is 7.80. The molecule has 0 saturated carbocycles. The molecule has 3 atom stereocenters. The minimum atomic E-state index is -0.323. The number of rotatable bonds is 5. The average molecular weight is 335 g/mol. The molecule has 3 unspecified atom stereocenters. The van der Waals surface area contributed by atoms with Crippen LogP contribution in [-0.4, -0.2) is 51.8 Å². The van der Waals surface area contributed by atoms with Crippen LogP contribution >= 0.6 is 0 Å². The summed E-state index contributed by atoms with van der Waals surface area (Å²) in [4.78, 5) is 18.7. The van der Waals surface area contributed by atoms with Crippen LogP contribution in [0.1, 0.15) is 59.3 Å². The molecule has 3 heterocycles. The van der Waals surface area contributed by atoms with Gasteiger partial charge in [-0.3, -0.25) is 10.2 Å². The Balaban J connectivity index is 1.77. The van der Waals surface area contributed by atoms with Gasteiger partial charge in [-0.1, -0.05) is 26.7 Å². The highest BCUT2D eigenvalue weighted by molar-refractivity contribution is 5.89. The minimum absolute atomic E-state index is 0.0860. The third kappa shape index (κ3) is 3.29. The third-order valence-corrected chi connectivity index (χ3v) is 5.54. The van der Waals surface area contributed by atoms with Crippen LogP contribution in [-0.2, 0) is 4.74 Å². The molecule has 2 bridgehead atoms. The van der Waals surface area contributed by atoms with E-state index in [0.29, 0.717) is 18.4 Å². The lowest BCUT2D eigenvalue weighted by atomic mass is 9.97. The Hall–Kier alpha value is -1.56. The van der Waals surface area contributed by atoms with E-state index in [-0.39, 0.29) is 24.2 Å². The Morgan fingerprint density at radius 2 is 2.12 bits per heavy atom. The molecule has 0 radical (unpaired) electrons. The highest BCUT2D eigenvalue weighted by Gasteiger charge is 2.47. The molecule has 24 heavy (non-hydrogen) atoms. The predicted molar refractivity (Wildman–Crippen MR) is 91.9 cm³/mol. The van der Waals surface area contributed by atoms with Gasteiger partial charge >= 0.3 is 6.03 Å². The fraction of sp³-hybridized carbons (Fsp3) is 0.778. The number of urea groups is 1. The molecule has 6 heteroatoms. The number of hydroxylamine groups is 2. The van der Waals surface area contributed by atoms with Gasteiger partial charge in [0.1, 0.15) is 11.8 Å². The van der Waals surface area contributed by atoms with Crippen molar-refractivity contribution in [3.63, 3.8) is 0 Å². The number of carbonyl (C=O) groups excluding carboxylic acids is 1. The molecule has 6 nitrogen and oxygen atoms in total. The van der Waals surface area contributed by atoms with Gasteiger partial charge in [0.25, 0.3) is 0 Å². The van der Waals surface area contributed by atoms with E-state index in [4.69, 9.17) is 9.73 Å². The van der Waals surface area contributed by atoms with Gasteiger partial charge in [-0.2, -0.15) is 0 Å². The number of nitrogens with zero attached hydrogens (tertiary/aromatic N) is 3. The smallest absolute Gasteiger partial charge is 0.344 e. The van der Waals surface area contributed by atoms with Crippen LogP contribution < -0.4 is 0 Å². The van der Waals surface area contributed by atoms with Gasteiger partial charge < -0.3 is 9.64 Å². The molecule has 0 aromatic rings. The maximum Gasteiger partial charge on any atom is 0.344 e. The van der Waals surface area contributed by atoms with E-state index in [0.717, 1.165) is 49.3 Å². The second kappa shape index (κ2) is 7.13. The molecular formula is C18H29N3O3. The van der Waals surface area contributed by atoms with Crippen molar-refractivity contribution in [3.05, 3.63) is 11.8 Å². The Labute approximate surface area is 144 Å². The highest BCUT2D eigenvalue weighted by Crippen LogP contribution is 2.32. The van der Waals surface area contributed by atoms with Gasteiger partial charge in [0, 0.05) is 13.0 Å². The van der Waals surface area contributed by atoms with Gasteiger partial charge in [0.05, 0.1) is 12.1 Å². The van der Waals surface area contributed by atoms with Crippen molar-refractivity contribution in [2.75, 3.05) is 6.54 Å². The quantitative estimate of drug-likeness (QED) is 0.781. The van der Waals surface area contributed by atoms with Crippen molar-refractivity contribution >= 4 is 11.9 Å². The van der Waals surface area contributed by atoms with Crippen molar-refractivity contribution in [2.24, 2.45) is 10.9 Å². The van der Waals surface area contributed by atoms with Crippen molar-refractivity contribution in [1.82, 2.24) is 9.96 Å². The number of amides is 2. The van der Waals surface area contributed by atoms with Crippen molar-refractivity contribution in [1.29, 1.82) is 0 Å². The number of hydrogen-bond donors (Lipinski definition) is 1. The first kappa shape index (κ1) is 17.3. The van der Waals surface area contributed by atoms with E-state index < -0.39 is 0 Å². The van der Waals surface area contributed by atoms with E-state index in [1.807, 2.05) is 0 Å². The van der Waals surface area contributed by atoms with E-state index in [1.165, 1.54) is 0 Å². The van der Waals surface area contributed by atoms with Crippen LogP contribution in [0.4, 0.5) is 4.79 Å². The zero-order valence-electron chi connectivity index (χ0n) is 14.9. The Bertz CT molecular complexity index is 542. The summed E-state index contributed by atoms with van der Waals surface area (Å²) in [5, 5.41) is 10.8. The summed E-state index contributed by atoms with van der Waals surface area (Å²) in [5.41, 5.74) is 0. The molecule has 2 fully saturated rings. The summed E-state index contributed by atoms with van der Waals surface area (Å²) in [5.74, 6) is 2.25. The Kier molecular flexibility index (Phi) is 5.13. The summed E-state index contributed by atoms with van der Waals surface area (Å²) in [7, 11) is 0. The normalized spacial score (nSPS) is 30.2. The SMILES string of the molecule is CCC(CC)CC1=CCC(C)N=C(C2CCC3CN2C(=O)N3O)O1. The zero-order chi connectivity index (χ0) is 17.3. The third-order valence-electron chi connectivity index (χ3n) is 5.54. The van der Waals surface area contributed by atoms with Crippen LogP contribution in [0.3, 0.4) is 0 Å². The average Bonchev–Trinajstić information content (AvgIpc) is 2.73. The number of allylic oxidation sites excluding steroid dienone is 1.